The molecule has 1 aliphatic rings. The van der Waals surface area contributed by atoms with Gasteiger partial charge in [-0.1, -0.05) is 96.0 Å². The van der Waals surface area contributed by atoms with Crippen LogP contribution >= 0.6 is 0 Å². The van der Waals surface area contributed by atoms with Crippen LogP contribution in [0.3, 0.4) is 0 Å². The molecule has 24 heavy (non-hydrogen) atoms. The molecule has 5 heteroatoms. The quantitative estimate of drug-likeness (QED) is 0.406. The van der Waals surface area contributed by atoms with Crippen LogP contribution in [0.5, 0.6) is 0 Å². The number of hydrogen-bond donors (Lipinski definition) is 0. The molecule has 0 unspecified atom stereocenters. The van der Waals surface area contributed by atoms with Crippen LogP contribution in [0.1, 0.15) is 16.7 Å². The van der Waals surface area contributed by atoms with Crippen LogP contribution < -0.4 is 0 Å². The van der Waals surface area contributed by atoms with Crippen molar-refractivity contribution in [1.29, 1.82) is 0 Å². The molecule has 0 atom stereocenters. The summed E-state index contributed by atoms with van der Waals surface area (Å²) in [5.74, 6) is 0. The first-order chi connectivity index (χ1) is 11.9. The lowest BCUT2D eigenvalue weighted by atomic mass is 9.79. The highest BCUT2D eigenvalue weighted by molar-refractivity contribution is 6.37. The molecule has 1 aliphatic heterocycles. The van der Waals surface area contributed by atoms with Crippen molar-refractivity contribution in [3.05, 3.63) is 108 Å². The SMILES string of the molecule is c1ccc(C(OB2OOO2)(c2ccccc2)c2ccccc2)cc1. The molecule has 1 saturated heterocycles. The highest BCUT2D eigenvalue weighted by Gasteiger charge is 2.47. The molecule has 0 bridgehead atoms. The average Bonchev–Trinajstić information content (AvgIpc) is 2.64. The van der Waals surface area contributed by atoms with Crippen molar-refractivity contribution in [2.45, 2.75) is 5.60 Å². The van der Waals surface area contributed by atoms with Crippen molar-refractivity contribution < 1.29 is 19.3 Å². The Bertz CT molecular complexity index is 680. The molecular formula is C19H15BO4. The van der Waals surface area contributed by atoms with Gasteiger partial charge in [-0.3, -0.25) is 0 Å². The van der Waals surface area contributed by atoms with E-state index in [2.05, 4.69) is 5.04 Å². The van der Waals surface area contributed by atoms with E-state index in [-0.39, 0.29) is 0 Å². The Labute approximate surface area is 140 Å². The highest BCUT2D eigenvalue weighted by atomic mass is 17.6. The number of hydrogen-bond acceptors (Lipinski definition) is 4. The minimum absolute atomic E-state index is 0.877. The summed E-state index contributed by atoms with van der Waals surface area (Å²) < 4.78 is 6.26. The van der Waals surface area contributed by atoms with Crippen molar-refractivity contribution in [2.24, 2.45) is 0 Å². The molecule has 0 N–H and O–H groups in total. The third-order valence-electron chi connectivity index (χ3n) is 4.05. The van der Waals surface area contributed by atoms with Crippen LogP contribution in [0.2, 0.25) is 0 Å². The number of benzene rings is 3. The van der Waals surface area contributed by atoms with Crippen LogP contribution in [-0.4, -0.2) is 7.32 Å². The van der Waals surface area contributed by atoms with Gasteiger partial charge in [0.2, 0.25) is 0 Å². The van der Waals surface area contributed by atoms with Gasteiger partial charge in [-0.2, -0.15) is 0 Å². The summed E-state index contributed by atoms with van der Waals surface area (Å²) in [4.78, 5) is 9.81. The van der Waals surface area contributed by atoms with E-state index in [1.54, 1.807) is 0 Å². The maximum absolute atomic E-state index is 6.26. The fourth-order valence-electron chi connectivity index (χ4n) is 2.98. The van der Waals surface area contributed by atoms with E-state index in [1.165, 1.54) is 0 Å². The van der Waals surface area contributed by atoms with Crippen molar-refractivity contribution >= 4 is 7.32 Å². The number of rotatable bonds is 5. The van der Waals surface area contributed by atoms with Gasteiger partial charge in [0.1, 0.15) is 5.60 Å². The topological polar surface area (TPSA) is 36.9 Å². The van der Waals surface area contributed by atoms with E-state index in [1.807, 2.05) is 91.0 Å². The molecular weight excluding hydrogens is 303 g/mol. The van der Waals surface area contributed by atoms with Gasteiger partial charge in [-0.15, -0.1) is 0 Å². The maximum Gasteiger partial charge on any atom is 0.702 e. The van der Waals surface area contributed by atoms with E-state index in [0.29, 0.717) is 0 Å². The van der Waals surface area contributed by atoms with Crippen LogP contribution in [-0.2, 0) is 24.9 Å². The Morgan fingerprint density at radius 3 is 1.25 bits per heavy atom. The van der Waals surface area contributed by atoms with Crippen molar-refractivity contribution in [1.82, 2.24) is 0 Å². The molecule has 0 saturated carbocycles. The Balaban J connectivity index is 1.95. The van der Waals surface area contributed by atoms with E-state index in [0.717, 1.165) is 16.7 Å². The summed E-state index contributed by atoms with van der Waals surface area (Å²) in [6.07, 6.45) is 0. The van der Waals surface area contributed by atoms with E-state index in [9.17, 15) is 0 Å². The fourth-order valence-corrected chi connectivity index (χ4v) is 2.98. The second-order valence-corrected chi connectivity index (χ2v) is 5.45. The Morgan fingerprint density at radius 2 is 0.958 bits per heavy atom. The second-order valence-electron chi connectivity index (χ2n) is 5.45. The van der Waals surface area contributed by atoms with Crippen molar-refractivity contribution in [3.8, 4) is 0 Å². The maximum atomic E-state index is 6.26. The molecule has 3 aromatic rings. The summed E-state index contributed by atoms with van der Waals surface area (Å²) >= 11 is 0. The smallest absolute Gasteiger partial charge is 0.364 e. The first kappa shape index (κ1) is 15.1. The van der Waals surface area contributed by atoms with Gasteiger partial charge >= 0.3 is 7.32 Å². The lowest BCUT2D eigenvalue weighted by Gasteiger charge is -2.38. The summed E-state index contributed by atoms with van der Waals surface area (Å²) in [5, 5.41) is 4.36. The first-order valence-electron chi connectivity index (χ1n) is 7.73. The molecule has 0 aliphatic carbocycles. The fraction of sp³-hybridized carbons (Fsp3) is 0.0526. The zero-order valence-corrected chi connectivity index (χ0v) is 12.9. The molecule has 118 valence electrons. The lowest BCUT2D eigenvalue weighted by molar-refractivity contribution is -0.525. The van der Waals surface area contributed by atoms with Crippen LogP contribution in [0, 0.1) is 0 Å². The standard InChI is InChI=1S/C19H15BO4/c1-4-10-16(11-5-1)19(21-20-22-24-23-20,17-12-6-2-7-13-17)18-14-8-3-9-15-18/h1-15H. The van der Waals surface area contributed by atoms with Crippen LogP contribution in [0.25, 0.3) is 0 Å². The second kappa shape index (κ2) is 6.59. The Morgan fingerprint density at radius 1 is 0.583 bits per heavy atom. The van der Waals surface area contributed by atoms with E-state index in [4.69, 9.17) is 14.3 Å². The largest absolute Gasteiger partial charge is 0.702 e. The Kier molecular flexibility index (Phi) is 4.15. The average molecular weight is 318 g/mol. The van der Waals surface area contributed by atoms with Gasteiger partial charge in [0.15, 0.2) is 0 Å². The van der Waals surface area contributed by atoms with Gasteiger partial charge in [0, 0.05) is 0 Å². The molecule has 1 heterocycles. The summed E-state index contributed by atoms with van der Waals surface area (Å²) in [7, 11) is -0.898. The monoisotopic (exact) mass is 318 g/mol. The van der Waals surface area contributed by atoms with Crippen LogP contribution in [0.15, 0.2) is 91.0 Å². The zero-order valence-electron chi connectivity index (χ0n) is 12.9. The van der Waals surface area contributed by atoms with Crippen LogP contribution in [0.4, 0.5) is 0 Å². The molecule has 3 aromatic carbocycles. The zero-order chi connectivity index (χ0) is 16.2. The minimum Gasteiger partial charge on any atom is -0.364 e. The van der Waals surface area contributed by atoms with E-state index >= 15 is 0 Å². The lowest BCUT2D eigenvalue weighted by Crippen LogP contribution is -2.46. The van der Waals surface area contributed by atoms with Gasteiger partial charge in [0.05, 0.1) is 0 Å². The van der Waals surface area contributed by atoms with Gasteiger partial charge in [0.25, 0.3) is 0 Å². The normalized spacial score (nSPS) is 14.2. The third-order valence-corrected chi connectivity index (χ3v) is 4.05. The third kappa shape index (κ3) is 2.64. The summed E-state index contributed by atoms with van der Waals surface area (Å²) in [6.45, 7) is 0. The minimum atomic E-state index is -0.898. The van der Waals surface area contributed by atoms with Crippen molar-refractivity contribution in [2.75, 3.05) is 0 Å². The predicted molar refractivity (Wildman–Crippen MR) is 89.3 cm³/mol. The molecule has 4 rings (SSSR count). The summed E-state index contributed by atoms with van der Waals surface area (Å²) in [6, 6.07) is 30.0. The molecule has 0 spiro atoms. The Hall–Kier alpha value is -2.44. The molecule has 0 aromatic heterocycles. The molecule has 4 nitrogen and oxygen atoms in total. The highest BCUT2D eigenvalue weighted by Crippen LogP contribution is 2.41. The van der Waals surface area contributed by atoms with Gasteiger partial charge in [-0.05, 0) is 16.7 Å². The predicted octanol–water partition coefficient (Wildman–Crippen LogP) is 3.87. The molecule has 0 amide bonds. The molecule has 0 radical (unpaired) electrons. The summed E-state index contributed by atoms with van der Waals surface area (Å²) in [5.41, 5.74) is 2.04. The van der Waals surface area contributed by atoms with E-state index < -0.39 is 12.9 Å². The van der Waals surface area contributed by atoms with Crippen molar-refractivity contribution in [3.63, 3.8) is 0 Å². The van der Waals surface area contributed by atoms with Gasteiger partial charge < -0.3 is 4.65 Å². The van der Waals surface area contributed by atoms with Gasteiger partial charge in [-0.25, -0.2) is 9.61 Å². The first-order valence-corrected chi connectivity index (χ1v) is 7.73. The molecule has 1 fully saturated rings.